The molecular weight excluding hydrogens is 235 g/mol. The number of furan rings is 1. The maximum absolute atomic E-state index is 9.98. The Morgan fingerprint density at radius 2 is 1.73 bits per heavy atom. The first-order chi connectivity index (χ1) is 7.20. The molecule has 0 aliphatic rings. The van der Waals surface area contributed by atoms with E-state index in [1.54, 1.807) is 30.3 Å². The fraction of sp³-hybridized carbons (Fsp3) is 0.0909. The standard InChI is InChI=1S/C11H8Cl2O2/c12-7-3-1-4-8(13)10(7)11(14)9-5-2-6-15-9/h1-6,11,14H. The molecule has 1 N–H and O–H groups in total. The molecule has 15 heavy (non-hydrogen) atoms. The molecule has 0 saturated carbocycles. The Morgan fingerprint density at radius 3 is 2.27 bits per heavy atom. The van der Waals surface area contributed by atoms with Gasteiger partial charge in [-0.3, -0.25) is 0 Å². The van der Waals surface area contributed by atoms with E-state index in [1.807, 2.05) is 0 Å². The quantitative estimate of drug-likeness (QED) is 0.872. The van der Waals surface area contributed by atoms with Crippen molar-refractivity contribution >= 4 is 23.2 Å². The molecule has 78 valence electrons. The van der Waals surface area contributed by atoms with Crippen LogP contribution >= 0.6 is 23.2 Å². The van der Waals surface area contributed by atoms with E-state index >= 15 is 0 Å². The second-order valence-corrected chi connectivity index (χ2v) is 3.87. The molecular formula is C11H8Cl2O2. The Kier molecular flexibility index (Phi) is 3.00. The van der Waals surface area contributed by atoms with Crippen LogP contribution in [0.25, 0.3) is 0 Å². The summed E-state index contributed by atoms with van der Waals surface area (Å²) in [6, 6.07) is 8.44. The normalized spacial score (nSPS) is 12.7. The summed E-state index contributed by atoms with van der Waals surface area (Å²) in [6.07, 6.45) is 0.560. The second-order valence-electron chi connectivity index (χ2n) is 3.05. The summed E-state index contributed by atoms with van der Waals surface area (Å²) in [5.74, 6) is 0.421. The van der Waals surface area contributed by atoms with Crippen LogP contribution in [-0.2, 0) is 0 Å². The summed E-state index contributed by atoms with van der Waals surface area (Å²) < 4.78 is 5.09. The van der Waals surface area contributed by atoms with Crippen LogP contribution in [0.2, 0.25) is 10.0 Å². The number of hydrogen-bond acceptors (Lipinski definition) is 2. The monoisotopic (exact) mass is 242 g/mol. The zero-order valence-corrected chi connectivity index (χ0v) is 9.16. The lowest BCUT2D eigenvalue weighted by Gasteiger charge is -2.11. The van der Waals surface area contributed by atoms with Crippen molar-refractivity contribution in [3.63, 3.8) is 0 Å². The third-order valence-electron chi connectivity index (χ3n) is 2.09. The Balaban J connectivity index is 2.46. The molecule has 0 aliphatic carbocycles. The number of aliphatic hydroxyl groups is 1. The highest BCUT2D eigenvalue weighted by Crippen LogP contribution is 2.33. The molecule has 0 aliphatic heterocycles. The molecule has 0 saturated heterocycles. The van der Waals surface area contributed by atoms with Crippen molar-refractivity contribution in [3.05, 3.63) is 58.0 Å². The van der Waals surface area contributed by atoms with Crippen molar-refractivity contribution in [2.45, 2.75) is 6.10 Å². The Bertz CT molecular complexity index is 431. The predicted molar refractivity (Wildman–Crippen MR) is 59.2 cm³/mol. The Labute approximate surface area is 97.0 Å². The first-order valence-electron chi connectivity index (χ1n) is 4.35. The first kappa shape index (κ1) is 10.6. The van der Waals surface area contributed by atoms with E-state index in [2.05, 4.69) is 0 Å². The molecule has 1 aromatic carbocycles. The van der Waals surface area contributed by atoms with Gasteiger partial charge in [0.05, 0.1) is 6.26 Å². The summed E-state index contributed by atoms with van der Waals surface area (Å²) in [7, 11) is 0. The second kappa shape index (κ2) is 4.27. The van der Waals surface area contributed by atoms with E-state index in [0.29, 0.717) is 21.4 Å². The number of halogens is 2. The number of aliphatic hydroxyl groups excluding tert-OH is 1. The minimum Gasteiger partial charge on any atom is -0.466 e. The molecule has 2 rings (SSSR count). The van der Waals surface area contributed by atoms with Crippen molar-refractivity contribution in [1.29, 1.82) is 0 Å². The van der Waals surface area contributed by atoms with Crippen LogP contribution < -0.4 is 0 Å². The SMILES string of the molecule is OC(c1ccco1)c1c(Cl)cccc1Cl. The van der Waals surface area contributed by atoms with Crippen LogP contribution in [0.15, 0.2) is 41.0 Å². The average molecular weight is 243 g/mol. The van der Waals surface area contributed by atoms with E-state index in [4.69, 9.17) is 27.6 Å². The zero-order chi connectivity index (χ0) is 10.8. The molecule has 1 heterocycles. The van der Waals surface area contributed by atoms with Crippen LogP contribution in [0, 0.1) is 0 Å². The maximum Gasteiger partial charge on any atom is 0.139 e. The van der Waals surface area contributed by atoms with Crippen LogP contribution in [0.5, 0.6) is 0 Å². The predicted octanol–water partition coefficient (Wildman–Crippen LogP) is 3.67. The Hall–Kier alpha value is -0.960. The van der Waals surface area contributed by atoms with Gasteiger partial charge in [-0.05, 0) is 24.3 Å². The third kappa shape index (κ3) is 2.02. The molecule has 0 bridgehead atoms. The topological polar surface area (TPSA) is 33.4 Å². The van der Waals surface area contributed by atoms with E-state index in [1.165, 1.54) is 6.26 Å². The molecule has 0 spiro atoms. The van der Waals surface area contributed by atoms with E-state index < -0.39 is 6.10 Å². The summed E-state index contributed by atoms with van der Waals surface area (Å²) in [5, 5.41) is 10.8. The van der Waals surface area contributed by atoms with Crippen molar-refractivity contribution in [2.75, 3.05) is 0 Å². The van der Waals surface area contributed by atoms with Crippen LogP contribution in [0.4, 0.5) is 0 Å². The molecule has 0 fully saturated rings. The summed E-state index contributed by atoms with van der Waals surface area (Å²) >= 11 is 11.9. The minimum absolute atomic E-state index is 0.421. The van der Waals surface area contributed by atoms with Crippen molar-refractivity contribution in [3.8, 4) is 0 Å². The largest absolute Gasteiger partial charge is 0.466 e. The molecule has 4 heteroatoms. The van der Waals surface area contributed by atoms with E-state index in [9.17, 15) is 5.11 Å². The van der Waals surface area contributed by atoms with Gasteiger partial charge in [0, 0.05) is 15.6 Å². The molecule has 0 amide bonds. The van der Waals surface area contributed by atoms with Gasteiger partial charge in [0.25, 0.3) is 0 Å². The Morgan fingerprint density at radius 1 is 1.07 bits per heavy atom. The molecule has 0 radical (unpaired) electrons. The smallest absolute Gasteiger partial charge is 0.139 e. The van der Waals surface area contributed by atoms with Gasteiger partial charge in [-0.1, -0.05) is 29.3 Å². The fourth-order valence-corrected chi connectivity index (χ4v) is 1.97. The maximum atomic E-state index is 9.98. The zero-order valence-electron chi connectivity index (χ0n) is 7.65. The highest BCUT2D eigenvalue weighted by atomic mass is 35.5. The van der Waals surface area contributed by atoms with Gasteiger partial charge >= 0.3 is 0 Å². The van der Waals surface area contributed by atoms with Crippen molar-refractivity contribution < 1.29 is 9.52 Å². The van der Waals surface area contributed by atoms with Gasteiger partial charge in [-0.2, -0.15) is 0 Å². The lowest BCUT2D eigenvalue weighted by molar-refractivity contribution is 0.189. The van der Waals surface area contributed by atoms with Crippen LogP contribution in [0.1, 0.15) is 17.4 Å². The van der Waals surface area contributed by atoms with Crippen LogP contribution in [0.3, 0.4) is 0 Å². The van der Waals surface area contributed by atoms with E-state index in [-0.39, 0.29) is 0 Å². The fourth-order valence-electron chi connectivity index (χ4n) is 1.36. The lowest BCUT2D eigenvalue weighted by atomic mass is 10.1. The number of rotatable bonds is 2. The number of benzene rings is 1. The average Bonchev–Trinajstić information content (AvgIpc) is 2.69. The third-order valence-corrected chi connectivity index (χ3v) is 2.75. The van der Waals surface area contributed by atoms with Gasteiger partial charge in [-0.25, -0.2) is 0 Å². The van der Waals surface area contributed by atoms with Crippen LogP contribution in [-0.4, -0.2) is 5.11 Å². The summed E-state index contributed by atoms with van der Waals surface area (Å²) in [5.41, 5.74) is 0.468. The van der Waals surface area contributed by atoms with Gasteiger partial charge in [0.15, 0.2) is 0 Å². The van der Waals surface area contributed by atoms with E-state index in [0.717, 1.165) is 0 Å². The van der Waals surface area contributed by atoms with Crippen molar-refractivity contribution in [1.82, 2.24) is 0 Å². The minimum atomic E-state index is -0.929. The summed E-state index contributed by atoms with van der Waals surface area (Å²) in [6.45, 7) is 0. The molecule has 2 aromatic rings. The van der Waals surface area contributed by atoms with Crippen molar-refractivity contribution in [2.24, 2.45) is 0 Å². The molecule has 2 nitrogen and oxygen atoms in total. The molecule has 1 aromatic heterocycles. The molecule has 1 unspecified atom stereocenters. The first-order valence-corrected chi connectivity index (χ1v) is 5.11. The summed E-state index contributed by atoms with van der Waals surface area (Å²) in [4.78, 5) is 0. The van der Waals surface area contributed by atoms with Gasteiger partial charge in [-0.15, -0.1) is 0 Å². The highest BCUT2D eigenvalue weighted by Gasteiger charge is 2.19. The lowest BCUT2D eigenvalue weighted by Crippen LogP contribution is -1.99. The number of hydrogen-bond donors (Lipinski definition) is 1. The van der Waals surface area contributed by atoms with Gasteiger partial charge in [0.2, 0.25) is 0 Å². The highest BCUT2D eigenvalue weighted by molar-refractivity contribution is 6.36. The van der Waals surface area contributed by atoms with Gasteiger partial charge in [0.1, 0.15) is 11.9 Å². The van der Waals surface area contributed by atoms with Gasteiger partial charge < -0.3 is 9.52 Å². The molecule has 1 atom stereocenters.